The molecule has 4 N–H and O–H groups in total. The topological polar surface area (TPSA) is 83.3 Å². The van der Waals surface area contributed by atoms with Gasteiger partial charge >= 0.3 is 0 Å². The quantitative estimate of drug-likeness (QED) is 0.570. The van der Waals surface area contributed by atoms with Crippen LogP contribution in [0.15, 0.2) is 6.07 Å². The van der Waals surface area contributed by atoms with Gasteiger partial charge in [0.1, 0.15) is 0 Å². The van der Waals surface area contributed by atoms with Crippen LogP contribution in [0.3, 0.4) is 0 Å². The Balaban J connectivity index is 2.00. The van der Waals surface area contributed by atoms with Crippen molar-refractivity contribution in [2.24, 2.45) is 11.8 Å². The van der Waals surface area contributed by atoms with Crippen LogP contribution in [0.5, 0.6) is 0 Å². The van der Waals surface area contributed by atoms with Crippen LogP contribution in [0.4, 0.5) is 20.4 Å². The van der Waals surface area contributed by atoms with E-state index in [0.29, 0.717) is 25.6 Å². The van der Waals surface area contributed by atoms with E-state index in [4.69, 9.17) is 5.84 Å². The Labute approximate surface area is 121 Å². The first-order chi connectivity index (χ1) is 10.0. The molecule has 0 radical (unpaired) electrons. The molecule has 1 aliphatic rings. The van der Waals surface area contributed by atoms with Gasteiger partial charge in [0.05, 0.1) is 0 Å². The van der Waals surface area contributed by atoms with E-state index >= 15 is 0 Å². The second-order valence-electron chi connectivity index (χ2n) is 5.14. The van der Waals surface area contributed by atoms with E-state index in [1.165, 1.54) is 6.92 Å². The smallest absolute Gasteiger partial charge is 0.216 e. The highest BCUT2D eigenvalue weighted by Crippen LogP contribution is 2.26. The van der Waals surface area contributed by atoms with Crippen molar-refractivity contribution in [3.8, 4) is 0 Å². The van der Waals surface area contributed by atoms with Gasteiger partial charge in [-0.25, -0.2) is 19.6 Å². The largest absolute Gasteiger partial charge is 0.356 e. The standard InChI is InChI=1S/C13H19F2N5O/c1-8(21)17-7-9-2-4-20(5-3-9)13-11(15)6-10(14)12(18-13)19-16/h6,9H,2-5,7,16H2,1H3,(H,17,21)(H,18,19). The summed E-state index contributed by atoms with van der Waals surface area (Å²) in [7, 11) is 0. The van der Waals surface area contributed by atoms with Gasteiger partial charge in [0.2, 0.25) is 5.91 Å². The summed E-state index contributed by atoms with van der Waals surface area (Å²) in [5.41, 5.74) is 2.12. The predicted molar refractivity (Wildman–Crippen MR) is 75.6 cm³/mol. The molecule has 1 aliphatic heterocycles. The van der Waals surface area contributed by atoms with E-state index in [1.54, 1.807) is 4.90 Å². The number of rotatable bonds is 4. The molecule has 0 bridgehead atoms. The van der Waals surface area contributed by atoms with E-state index in [-0.39, 0.29) is 17.5 Å². The number of nitrogen functional groups attached to an aromatic ring is 1. The molecule has 8 heteroatoms. The van der Waals surface area contributed by atoms with Gasteiger partial charge in [0, 0.05) is 32.6 Å². The summed E-state index contributed by atoms with van der Waals surface area (Å²) in [6.45, 7) is 3.31. The number of anilines is 2. The Hall–Kier alpha value is -1.96. The fourth-order valence-electron chi connectivity index (χ4n) is 2.42. The van der Waals surface area contributed by atoms with Crippen LogP contribution in [-0.2, 0) is 4.79 Å². The van der Waals surface area contributed by atoms with Gasteiger partial charge in [-0.3, -0.25) is 4.79 Å². The number of amides is 1. The van der Waals surface area contributed by atoms with Gasteiger partial charge in [0.25, 0.3) is 0 Å². The molecule has 2 rings (SSSR count). The molecule has 6 nitrogen and oxygen atoms in total. The van der Waals surface area contributed by atoms with Crippen LogP contribution in [0.25, 0.3) is 0 Å². The van der Waals surface area contributed by atoms with Crippen molar-refractivity contribution in [2.75, 3.05) is 30.0 Å². The average Bonchev–Trinajstić information content (AvgIpc) is 2.46. The normalized spacial score (nSPS) is 15.9. The lowest BCUT2D eigenvalue weighted by Crippen LogP contribution is -2.39. The summed E-state index contributed by atoms with van der Waals surface area (Å²) < 4.78 is 27.2. The van der Waals surface area contributed by atoms with Gasteiger partial charge in [-0.15, -0.1) is 0 Å². The van der Waals surface area contributed by atoms with Crippen LogP contribution >= 0.6 is 0 Å². The summed E-state index contributed by atoms with van der Waals surface area (Å²) in [5.74, 6) is 3.87. The number of nitrogens with two attached hydrogens (primary N) is 1. The third kappa shape index (κ3) is 3.78. The van der Waals surface area contributed by atoms with Crippen molar-refractivity contribution in [3.63, 3.8) is 0 Å². The van der Waals surface area contributed by atoms with Gasteiger partial charge in [-0.2, -0.15) is 0 Å². The maximum Gasteiger partial charge on any atom is 0.216 e. The summed E-state index contributed by atoms with van der Waals surface area (Å²) in [6, 6.07) is 0.779. The molecule has 1 aromatic rings. The molecular formula is C13H19F2N5O. The number of piperidine rings is 1. The molecule has 2 heterocycles. The first-order valence-electron chi connectivity index (χ1n) is 6.83. The third-order valence-electron chi connectivity index (χ3n) is 3.60. The van der Waals surface area contributed by atoms with E-state index in [0.717, 1.165) is 18.9 Å². The van der Waals surface area contributed by atoms with E-state index < -0.39 is 11.6 Å². The fraction of sp³-hybridized carbons (Fsp3) is 0.538. The molecule has 0 saturated carbocycles. The summed E-state index contributed by atoms with van der Waals surface area (Å²) in [6.07, 6.45) is 1.62. The Morgan fingerprint density at radius 1 is 1.43 bits per heavy atom. The average molecular weight is 299 g/mol. The molecular weight excluding hydrogens is 280 g/mol. The maximum absolute atomic E-state index is 13.8. The number of nitrogens with zero attached hydrogens (tertiary/aromatic N) is 2. The van der Waals surface area contributed by atoms with Crippen molar-refractivity contribution in [1.29, 1.82) is 0 Å². The second kappa shape index (κ2) is 6.66. The van der Waals surface area contributed by atoms with Gasteiger partial charge in [0.15, 0.2) is 23.3 Å². The van der Waals surface area contributed by atoms with E-state index in [2.05, 4.69) is 15.7 Å². The minimum absolute atomic E-state index is 0.0534. The number of aromatic nitrogens is 1. The van der Waals surface area contributed by atoms with Gasteiger partial charge in [-0.1, -0.05) is 0 Å². The molecule has 0 spiro atoms. The lowest BCUT2D eigenvalue weighted by atomic mass is 9.97. The molecule has 1 saturated heterocycles. The molecule has 0 atom stereocenters. The van der Waals surface area contributed by atoms with Crippen molar-refractivity contribution < 1.29 is 13.6 Å². The number of halogens is 2. The van der Waals surface area contributed by atoms with Crippen LogP contribution in [-0.4, -0.2) is 30.5 Å². The Morgan fingerprint density at radius 3 is 2.67 bits per heavy atom. The number of carbonyl (C=O) groups is 1. The minimum Gasteiger partial charge on any atom is -0.356 e. The Bertz CT molecular complexity index is 518. The maximum atomic E-state index is 13.8. The summed E-state index contributed by atoms with van der Waals surface area (Å²) in [4.78, 5) is 16.5. The monoisotopic (exact) mass is 299 g/mol. The lowest BCUT2D eigenvalue weighted by molar-refractivity contribution is -0.119. The highest BCUT2D eigenvalue weighted by Gasteiger charge is 2.23. The number of hydrazine groups is 1. The Kier molecular flexibility index (Phi) is 4.89. The summed E-state index contributed by atoms with van der Waals surface area (Å²) in [5, 5.41) is 2.78. The molecule has 0 aliphatic carbocycles. The van der Waals surface area contributed by atoms with Crippen molar-refractivity contribution >= 4 is 17.5 Å². The predicted octanol–water partition coefficient (Wildman–Crippen LogP) is 0.998. The number of pyridine rings is 1. The highest BCUT2D eigenvalue weighted by atomic mass is 19.1. The van der Waals surface area contributed by atoms with Crippen LogP contribution in [0, 0.1) is 17.6 Å². The van der Waals surface area contributed by atoms with E-state index in [9.17, 15) is 13.6 Å². The lowest BCUT2D eigenvalue weighted by Gasteiger charge is -2.33. The molecule has 1 amide bonds. The fourth-order valence-corrected chi connectivity index (χ4v) is 2.42. The molecule has 21 heavy (non-hydrogen) atoms. The number of carbonyl (C=O) groups excluding carboxylic acids is 1. The first-order valence-corrected chi connectivity index (χ1v) is 6.83. The zero-order chi connectivity index (χ0) is 15.4. The number of hydrogen-bond acceptors (Lipinski definition) is 5. The number of nitrogens with one attached hydrogen (secondary N) is 2. The SMILES string of the molecule is CC(=O)NCC1CCN(c2nc(NN)c(F)cc2F)CC1. The molecule has 1 fully saturated rings. The van der Waals surface area contributed by atoms with Crippen LogP contribution in [0.2, 0.25) is 0 Å². The van der Waals surface area contributed by atoms with Gasteiger partial charge < -0.3 is 15.6 Å². The minimum atomic E-state index is -0.820. The molecule has 1 aromatic heterocycles. The van der Waals surface area contributed by atoms with Crippen molar-refractivity contribution in [2.45, 2.75) is 19.8 Å². The zero-order valence-electron chi connectivity index (χ0n) is 11.8. The molecule has 116 valence electrons. The van der Waals surface area contributed by atoms with Gasteiger partial charge in [-0.05, 0) is 18.8 Å². The zero-order valence-corrected chi connectivity index (χ0v) is 11.8. The summed E-state index contributed by atoms with van der Waals surface area (Å²) >= 11 is 0. The number of hydrogen-bond donors (Lipinski definition) is 3. The Morgan fingerprint density at radius 2 is 2.10 bits per heavy atom. The molecule has 0 aromatic carbocycles. The van der Waals surface area contributed by atoms with Crippen LogP contribution in [0.1, 0.15) is 19.8 Å². The van der Waals surface area contributed by atoms with Crippen molar-refractivity contribution in [3.05, 3.63) is 17.7 Å². The van der Waals surface area contributed by atoms with E-state index in [1.807, 2.05) is 0 Å². The first kappa shape index (κ1) is 15.4. The highest BCUT2D eigenvalue weighted by molar-refractivity contribution is 5.72. The molecule has 0 unspecified atom stereocenters. The second-order valence-corrected chi connectivity index (χ2v) is 5.14. The van der Waals surface area contributed by atoms with Crippen LogP contribution < -0.4 is 21.5 Å². The third-order valence-corrected chi connectivity index (χ3v) is 3.60. The van der Waals surface area contributed by atoms with Crippen molar-refractivity contribution in [1.82, 2.24) is 10.3 Å².